The second-order valence-electron chi connectivity index (χ2n) is 7.22. The Labute approximate surface area is 149 Å². The van der Waals surface area contributed by atoms with Gasteiger partial charge in [-0.1, -0.05) is 30.3 Å². The molecule has 2 fully saturated rings. The number of piperidine rings is 1. The van der Waals surface area contributed by atoms with Crippen LogP contribution in [-0.4, -0.2) is 42.5 Å². The molecule has 1 aromatic carbocycles. The van der Waals surface area contributed by atoms with Crippen LogP contribution >= 0.6 is 0 Å². The van der Waals surface area contributed by atoms with E-state index in [-0.39, 0.29) is 18.1 Å². The lowest BCUT2D eigenvalue weighted by Crippen LogP contribution is -2.46. The number of nitrogens with one attached hydrogen (secondary N) is 1. The number of carbonyl (C=O) groups is 2. The van der Waals surface area contributed by atoms with E-state index in [1.807, 2.05) is 30.3 Å². The van der Waals surface area contributed by atoms with Gasteiger partial charge in [0.1, 0.15) is 12.9 Å². The summed E-state index contributed by atoms with van der Waals surface area (Å²) < 4.78 is 5.30. The third-order valence-corrected chi connectivity index (χ3v) is 5.51. The molecule has 1 aromatic rings. The van der Waals surface area contributed by atoms with E-state index in [1.54, 1.807) is 0 Å². The number of likely N-dealkylation sites (tertiary alicyclic amines) is 1. The van der Waals surface area contributed by atoms with Crippen LogP contribution in [-0.2, 0) is 16.1 Å². The zero-order valence-electron chi connectivity index (χ0n) is 14.7. The maximum Gasteiger partial charge on any atom is 0.407 e. The van der Waals surface area contributed by atoms with Gasteiger partial charge in [0, 0.05) is 18.0 Å². The van der Waals surface area contributed by atoms with Gasteiger partial charge in [0.25, 0.3) is 0 Å². The molecule has 1 N–H and O–H groups in total. The number of hydrogen-bond acceptors (Lipinski definition) is 4. The van der Waals surface area contributed by atoms with Gasteiger partial charge in [-0.05, 0) is 57.2 Å². The summed E-state index contributed by atoms with van der Waals surface area (Å²) in [7, 11) is 0. The van der Waals surface area contributed by atoms with E-state index in [0.717, 1.165) is 63.5 Å². The first-order chi connectivity index (χ1) is 12.2. The number of carbonyl (C=O) groups excluding carboxylic acids is 2. The standard InChI is InChI=1S/C20H28N2O3/c23-14-16-10-12-22(13-11-16)19-8-6-18(7-9-19)21-20(24)25-15-17-4-2-1-3-5-17/h1-5,14,16,18-19H,6-13,15H2,(H,21,24). The van der Waals surface area contributed by atoms with Crippen LogP contribution in [0.3, 0.4) is 0 Å². The summed E-state index contributed by atoms with van der Waals surface area (Å²) in [5.74, 6) is 0.258. The van der Waals surface area contributed by atoms with E-state index >= 15 is 0 Å². The number of amides is 1. The maximum absolute atomic E-state index is 12.0. The Morgan fingerprint density at radius 1 is 1.08 bits per heavy atom. The van der Waals surface area contributed by atoms with Crippen molar-refractivity contribution in [2.24, 2.45) is 5.92 Å². The predicted molar refractivity (Wildman–Crippen MR) is 96.2 cm³/mol. The molecule has 3 rings (SSSR count). The molecule has 136 valence electrons. The summed E-state index contributed by atoms with van der Waals surface area (Å²) in [6, 6.07) is 10.5. The highest BCUT2D eigenvalue weighted by Gasteiger charge is 2.29. The summed E-state index contributed by atoms with van der Waals surface area (Å²) in [6.07, 6.45) is 6.99. The molecular weight excluding hydrogens is 316 g/mol. The molecule has 5 heteroatoms. The minimum Gasteiger partial charge on any atom is -0.445 e. The Morgan fingerprint density at radius 2 is 1.76 bits per heavy atom. The molecule has 0 unspecified atom stereocenters. The first-order valence-corrected chi connectivity index (χ1v) is 9.41. The second-order valence-corrected chi connectivity index (χ2v) is 7.22. The molecule has 1 heterocycles. The molecular formula is C20H28N2O3. The molecule has 0 bridgehead atoms. The van der Waals surface area contributed by atoms with Crippen molar-refractivity contribution in [3.63, 3.8) is 0 Å². The molecule has 2 aliphatic rings. The van der Waals surface area contributed by atoms with Crippen LogP contribution in [0.25, 0.3) is 0 Å². The van der Waals surface area contributed by atoms with E-state index in [4.69, 9.17) is 4.74 Å². The fourth-order valence-corrected chi connectivity index (χ4v) is 3.94. The van der Waals surface area contributed by atoms with E-state index in [1.165, 1.54) is 0 Å². The van der Waals surface area contributed by atoms with Gasteiger partial charge in [-0.25, -0.2) is 4.79 Å². The normalized spacial score (nSPS) is 25.3. The van der Waals surface area contributed by atoms with Crippen molar-refractivity contribution in [3.05, 3.63) is 35.9 Å². The van der Waals surface area contributed by atoms with Gasteiger partial charge >= 0.3 is 6.09 Å². The van der Waals surface area contributed by atoms with Gasteiger partial charge in [-0.15, -0.1) is 0 Å². The Hall–Kier alpha value is -1.88. The van der Waals surface area contributed by atoms with Crippen molar-refractivity contribution in [2.45, 2.75) is 57.2 Å². The van der Waals surface area contributed by atoms with Gasteiger partial charge in [0.15, 0.2) is 0 Å². The van der Waals surface area contributed by atoms with E-state index in [0.29, 0.717) is 12.6 Å². The fourth-order valence-electron chi connectivity index (χ4n) is 3.94. The van der Waals surface area contributed by atoms with Crippen molar-refractivity contribution in [1.82, 2.24) is 10.2 Å². The summed E-state index contributed by atoms with van der Waals surface area (Å²) in [6.45, 7) is 2.38. The Kier molecular flexibility index (Phi) is 6.45. The predicted octanol–water partition coefficient (Wildman–Crippen LogP) is 3.13. The summed E-state index contributed by atoms with van der Waals surface area (Å²) in [5.41, 5.74) is 1.00. The van der Waals surface area contributed by atoms with Crippen LogP contribution in [0.1, 0.15) is 44.1 Å². The molecule has 1 saturated carbocycles. The van der Waals surface area contributed by atoms with Crippen LogP contribution in [0.2, 0.25) is 0 Å². The molecule has 1 amide bonds. The third kappa shape index (κ3) is 5.30. The van der Waals surface area contributed by atoms with Crippen molar-refractivity contribution in [3.8, 4) is 0 Å². The van der Waals surface area contributed by atoms with Gasteiger partial charge in [-0.2, -0.15) is 0 Å². The summed E-state index contributed by atoms with van der Waals surface area (Å²) in [5, 5.41) is 3.00. The largest absolute Gasteiger partial charge is 0.445 e. The zero-order valence-corrected chi connectivity index (χ0v) is 14.7. The lowest BCUT2D eigenvalue weighted by molar-refractivity contribution is -0.112. The smallest absolute Gasteiger partial charge is 0.407 e. The highest BCUT2D eigenvalue weighted by atomic mass is 16.5. The molecule has 0 aromatic heterocycles. The average Bonchev–Trinajstić information content (AvgIpc) is 2.68. The van der Waals surface area contributed by atoms with Crippen LogP contribution in [0.15, 0.2) is 30.3 Å². The number of benzene rings is 1. The first kappa shape index (κ1) is 17.9. The third-order valence-electron chi connectivity index (χ3n) is 5.51. The highest BCUT2D eigenvalue weighted by Crippen LogP contribution is 2.27. The van der Waals surface area contributed by atoms with Crippen LogP contribution < -0.4 is 5.32 Å². The Balaban J connectivity index is 1.35. The lowest BCUT2D eigenvalue weighted by atomic mass is 9.88. The fraction of sp³-hybridized carbons (Fsp3) is 0.600. The number of alkyl carbamates (subject to hydrolysis) is 1. The minimum absolute atomic E-state index is 0.215. The molecule has 0 radical (unpaired) electrons. The second kappa shape index (κ2) is 8.99. The summed E-state index contributed by atoms with van der Waals surface area (Å²) in [4.78, 5) is 25.4. The van der Waals surface area contributed by atoms with Crippen molar-refractivity contribution < 1.29 is 14.3 Å². The number of rotatable bonds is 5. The first-order valence-electron chi connectivity index (χ1n) is 9.41. The van der Waals surface area contributed by atoms with Crippen LogP contribution in [0.4, 0.5) is 4.79 Å². The highest BCUT2D eigenvalue weighted by molar-refractivity contribution is 5.67. The Morgan fingerprint density at radius 3 is 2.40 bits per heavy atom. The monoisotopic (exact) mass is 344 g/mol. The van der Waals surface area contributed by atoms with E-state index in [9.17, 15) is 9.59 Å². The molecule has 5 nitrogen and oxygen atoms in total. The molecule has 1 aliphatic heterocycles. The Bertz CT molecular complexity index is 547. The van der Waals surface area contributed by atoms with Crippen molar-refractivity contribution >= 4 is 12.4 Å². The minimum atomic E-state index is -0.320. The number of hydrogen-bond donors (Lipinski definition) is 1. The van der Waals surface area contributed by atoms with Gasteiger partial charge in [0.05, 0.1) is 0 Å². The van der Waals surface area contributed by atoms with Gasteiger partial charge in [0.2, 0.25) is 0 Å². The van der Waals surface area contributed by atoms with Crippen molar-refractivity contribution in [2.75, 3.05) is 13.1 Å². The molecule has 25 heavy (non-hydrogen) atoms. The van der Waals surface area contributed by atoms with Crippen LogP contribution in [0.5, 0.6) is 0 Å². The van der Waals surface area contributed by atoms with Gasteiger partial charge in [-0.3, -0.25) is 0 Å². The van der Waals surface area contributed by atoms with Gasteiger partial charge < -0.3 is 19.7 Å². The average molecular weight is 344 g/mol. The van der Waals surface area contributed by atoms with Crippen molar-refractivity contribution in [1.29, 1.82) is 0 Å². The molecule has 0 spiro atoms. The van der Waals surface area contributed by atoms with E-state index in [2.05, 4.69) is 10.2 Å². The zero-order chi connectivity index (χ0) is 17.5. The SMILES string of the molecule is O=CC1CCN(C2CCC(NC(=O)OCc3ccccc3)CC2)CC1. The molecule has 1 saturated heterocycles. The number of ether oxygens (including phenoxy) is 1. The lowest BCUT2D eigenvalue weighted by Gasteiger charge is -2.40. The summed E-state index contributed by atoms with van der Waals surface area (Å²) >= 11 is 0. The quantitative estimate of drug-likeness (QED) is 0.834. The molecule has 1 aliphatic carbocycles. The maximum atomic E-state index is 12.0. The number of aldehydes is 1. The topological polar surface area (TPSA) is 58.6 Å². The number of nitrogens with zero attached hydrogens (tertiary/aromatic N) is 1. The van der Waals surface area contributed by atoms with Crippen LogP contribution in [0, 0.1) is 5.92 Å². The molecule has 0 atom stereocenters. The van der Waals surface area contributed by atoms with E-state index < -0.39 is 0 Å².